The summed E-state index contributed by atoms with van der Waals surface area (Å²) in [6.07, 6.45) is 4.11. The Morgan fingerprint density at radius 2 is 1.62 bits per heavy atom. The third kappa shape index (κ3) is 5.09. The molecule has 1 rings (SSSR count). The van der Waals surface area contributed by atoms with E-state index in [0.717, 1.165) is 29.4 Å². The van der Waals surface area contributed by atoms with Gasteiger partial charge in [-0.05, 0) is 48.7 Å². The highest BCUT2D eigenvalue weighted by molar-refractivity contribution is 7.99. The van der Waals surface area contributed by atoms with Crippen LogP contribution in [0.4, 0.5) is 0 Å². The van der Waals surface area contributed by atoms with Gasteiger partial charge < -0.3 is 5.73 Å². The summed E-state index contributed by atoms with van der Waals surface area (Å²) in [7, 11) is 0. The lowest BCUT2D eigenvalue weighted by Crippen LogP contribution is -2.37. The first-order valence-corrected chi connectivity index (χ1v) is 7.97. The molecule has 0 bridgehead atoms. The molecule has 0 saturated heterocycles. The van der Waals surface area contributed by atoms with Crippen LogP contribution in [0.2, 0.25) is 0 Å². The Hall–Kier alpha value is 0.310. The predicted octanol–water partition coefficient (Wildman–Crippen LogP) is 3.78. The zero-order chi connectivity index (χ0) is 12.1. The second-order valence-corrected chi connectivity index (χ2v) is 7.35. The molecule has 1 nitrogen and oxygen atoms in total. The van der Waals surface area contributed by atoms with Crippen LogP contribution in [0.15, 0.2) is 0 Å². The standard InChI is InChI=1S/C14H29NS/c1-10(2)8-16-9-14(15)13-6-11(3)5-12(4)7-13/h10-14H,5-9,15H2,1-4H3. The number of nitrogens with two attached hydrogens (primary N) is 1. The lowest BCUT2D eigenvalue weighted by atomic mass is 9.74. The highest BCUT2D eigenvalue weighted by atomic mass is 32.2. The van der Waals surface area contributed by atoms with Crippen LogP contribution in [0.3, 0.4) is 0 Å². The molecule has 0 radical (unpaired) electrons. The molecule has 3 atom stereocenters. The van der Waals surface area contributed by atoms with Gasteiger partial charge in [0.2, 0.25) is 0 Å². The molecule has 0 aliphatic heterocycles. The molecule has 0 aromatic heterocycles. The number of rotatable bonds is 5. The molecular weight excluding hydrogens is 214 g/mol. The summed E-state index contributed by atoms with van der Waals surface area (Å²) in [5.41, 5.74) is 6.34. The van der Waals surface area contributed by atoms with Crippen molar-refractivity contribution in [1.82, 2.24) is 0 Å². The Labute approximate surface area is 106 Å². The number of hydrogen-bond donors (Lipinski definition) is 1. The fourth-order valence-electron chi connectivity index (χ4n) is 2.93. The molecule has 0 heterocycles. The second kappa shape index (κ2) is 6.90. The third-order valence-corrected chi connectivity index (χ3v) is 5.10. The molecule has 0 spiro atoms. The summed E-state index contributed by atoms with van der Waals surface area (Å²) in [5.74, 6) is 5.75. The molecule has 0 aromatic rings. The SMILES string of the molecule is CC(C)CSCC(N)C1CC(C)CC(C)C1. The van der Waals surface area contributed by atoms with Crippen LogP contribution in [-0.2, 0) is 0 Å². The maximum absolute atomic E-state index is 6.34. The Balaban J connectivity index is 2.26. The van der Waals surface area contributed by atoms with Gasteiger partial charge in [0, 0.05) is 11.8 Å². The van der Waals surface area contributed by atoms with Crippen LogP contribution in [-0.4, -0.2) is 17.5 Å². The smallest absolute Gasteiger partial charge is 0.0159 e. The quantitative estimate of drug-likeness (QED) is 0.795. The van der Waals surface area contributed by atoms with Gasteiger partial charge in [0.25, 0.3) is 0 Å². The monoisotopic (exact) mass is 243 g/mol. The Kier molecular flexibility index (Phi) is 6.20. The summed E-state index contributed by atoms with van der Waals surface area (Å²) >= 11 is 2.04. The van der Waals surface area contributed by atoms with Gasteiger partial charge in [0.05, 0.1) is 0 Å². The minimum Gasteiger partial charge on any atom is -0.327 e. The molecule has 2 N–H and O–H groups in total. The van der Waals surface area contributed by atoms with E-state index in [-0.39, 0.29) is 0 Å². The van der Waals surface area contributed by atoms with Crippen LogP contribution in [0.5, 0.6) is 0 Å². The fraction of sp³-hybridized carbons (Fsp3) is 1.00. The molecule has 0 aromatic carbocycles. The molecule has 1 aliphatic carbocycles. The average Bonchev–Trinajstić information content (AvgIpc) is 2.15. The summed E-state index contributed by atoms with van der Waals surface area (Å²) in [4.78, 5) is 0. The number of hydrogen-bond acceptors (Lipinski definition) is 2. The van der Waals surface area contributed by atoms with E-state index in [4.69, 9.17) is 5.73 Å². The van der Waals surface area contributed by atoms with Gasteiger partial charge in [-0.25, -0.2) is 0 Å². The van der Waals surface area contributed by atoms with E-state index >= 15 is 0 Å². The van der Waals surface area contributed by atoms with Crippen molar-refractivity contribution in [2.24, 2.45) is 29.4 Å². The Bertz CT molecular complexity index is 183. The van der Waals surface area contributed by atoms with Crippen molar-refractivity contribution in [3.8, 4) is 0 Å². The van der Waals surface area contributed by atoms with Gasteiger partial charge >= 0.3 is 0 Å². The van der Waals surface area contributed by atoms with Gasteiger partial charge in [0.1, 0.15) is 0 Å². The van der Waals surface area contributed by atoms with Crippen LogP contribution in [0.25, 0.3) is 0 Å². The van der Waals surface area contributed by atoms with Crippen LogP contribution < -0.4 is 5.73 Å². The summed E-state index contributed by atoms with van der Waals surface area (Å²) in [6.45, 7) is 9.33. The van der Waals surface area contributed by atoms with Gasteiger partial charge in [-0.1, -0.05) is 27.7 Å². The predicted molar refractivity (Wildman–Crippen MR) is 75.8 cm³/mol. The second-order valence-electron chi connectivity index (χ2n) is 6.27. The Morgan fingerprint density at radius 1 is 1.06 bits per heavy atom. The van der Waals surface area contributed by atoms with E-state index in [0.29, 0.717) is 6.04 Å². The highest BCUT2D eigenvalue weighted by Crippen LogP contribution is 2.34. The maximum atomic E-state index is 6.34. The fourth-order valence-corrected chi connectivity index (χ4v) is 4.09. The molecule has 2 heteroatoms. The van der Waals surface area contributed by atoms with E-state index in [2.05, 4.69) is 27.7 Å². The molecule has 16 heavy (non-hydrogen) atoms. The normalized spacial score (nSPS) is 33.0. The minimum absolute atomic E-state index is 0.425. The maximum Gasteiger partial charge on any atom is 0.0159 e. The van der Waals surface area contributed by atoms with Gasteiger partial charge in [0.15, 0.2) is 0 Å². The van der Waals surface area contributed by atoms with Crippen molar-refractivity contribution >= 4 is 11.8 Å². The van der Waals surface area contributed by atoms with E-state index in [1.54, 1.807) is 0 Å². The van der Waals surface area contributed by atoms with E-state index in [1.165, 1.54) is 25.0 Å². The summed E-state index contributed by atoms with van der Waals surface area (Å²) in [5, 5.41) is 0. The third-order valence-electron chi connectivity index (χ3n) is 3.58. The van der Waals surface area contributed by atoms with Crippen molar-refractivity contribution < 1.29 is 0 Å². The first-order chi connectivity index (χ1) is 7.49. The van der Waals surface area contributed by atoms with Gasteiger partial charge in [-0.3, -0.25) is 0 Å². The van der Waals surface area contributed by atoms with Crippen molar-refractivity contribution in [1.29, 1.82) is 0 Å². The first kappa shape index (κ1) is 14.4. The van der Waals surface area contributed by atoms with Crippen LogP contribution in [0.1, 0.15) is 47.0 Å². The first-order valence-electron chi connectivity index (χ1n) is 6.82. The van der Waals surface area contributed by atoms with Gasteiger partial charge in [-0.15, -0.1) is 0 Å². The zero-order valence-electron chi connectivity index (χ0n) is 11.4. The van der Waals surface area contributed by atoms with Crippen molar-refractivity contribution in [3.05, 3.63) is 0 Å². The molecule has 0 amide bonds. The highest BCUT2D eigenvalue weighted by Gasteiger charge is 2.27. The molecule has 1 fully saturated rings. The molecule has 3 unspecified atom stereocenters. The van der Waals surface area contributed by atoms with Crippen LogP contribution in [0, 0.1) is 23.7 Å². The largest absolute Gasteiger partial charge is 0.327 e. The van der Waals surface area contributed by atoms with Crippen molar-refractivity contribution in [2.75, 3.05) is 11.5 Å². The minimum atomic E-state index is 0.425. The lowest BCUT2D eigenvalue weighted by molar-refractivity contribution is 0.200. The molecule has 1 aliphatic rings. The summed E-state index contributed by atoms with van der Waals surface area (Å²) < 4.78 is 0. The van der Waals surface area contributed by atoms with Crippen molar-refractivity contribution in [2.45, 2.75) is 53.0 Å². The lowest BCUT2D eigenvalue weighted by Gasteiger charge is -2.35. The average molecular weight is 243 g/mol. The molecule has 1 saturated carbocycles. The number of thioether (sulfide) groups is 1. The van der Waals surface area contributed by atoms with E-state index in [1.807, 2.05) is 11.8 Å². The Morgan fingerprint density at radius 3 is 2.12 bits per heavy atom. The summed E-state index contributed by atoms with van der Waals surface area (Å²) in [6, 6.07) is 0.425. The van der Waals surface area contributed by atoms with E-state index < -0.39 is 0 Å². The molecule has 96 valence electrons. The van der Waals surface area contributed by atoms with Crippen molar-refractivity contribution in [3.63, 3.8) is 0 Å². The van der Waals surface area contributed by atoms with Gasteiger partial charge in [-0.2, -0.15) is 11.8 Å². The van der Waals surface area contributed by atoms with E-state index in [9.17, 15) is 0 Å². The zero-order valence-corrected chi connectivity index (χ0v) is 12.2. The molecular formula is C14H29NS. The van der Waals surface area contributed by atoms with Crippen LogP contribution >= 0.6 is 11.8 Å². The topological polar surface area (TPSA) is 26.0 Å².